The Bertz CT molecular complexity index is 486. The minimum Gasteiger partial charge on any atom is -0.305 e. The van der Waals surface area contributed by atoms with Crippen molar-refractivity contribution in [3.63, 3.8) is 0 Å². The van der Waals surface area contributed by atoms with Crippen LogP contribution in [0.3, 0.4) is 0 Å². The van der Waals surface area contributed by atoms with Crippen LogP contribution in [-0.2, 0) is 0 Å². The van der Waals surface area contributed by atoms with E-state index in [1.54, 1.807) is 6.92 Å². The SMILES string of the molecule is Cc1cc(=O)n2c(nc[n+]2Cl)[nH]1. The zero-order chi connectivity index (χ0) is 8.72. The molecule has 2 heterocycles. The lowest BCUT2D eigenvalue weighted by molar-refractivity contribution is -0.600. The summed E-state index contributed by atoms with van der Waals surface area (Å²) in [5.74, 6) is 0.440. The molecule has 0 bridgehead atoms. The van der Waals surface area contributed by atoms with Crippen molar-refractivity contribution in [1.29, 1.82) is 0 Å². The van der Waals surface area contributed by atoms with Crippen molar-refractivity contribution < 1.29 is 4.20 Å². The molecule has 6 heteroatoms. The number of fused-ring (bicyclic) bond motifs is 1. The number of aryl methyl sites for hydroxylation is 1. The largest absolute Gasteiger partial charge is 0.363 e. The molecule has 0 saturated carbocycles. The molecule has 2 aromatic heterocycles. The summed E-state index contributed by atoms with van der Waals surface area (Å²) in [6.45, 7) is 1.79. The summed E-state index contributed by atoms with van der Waals surface area (Å²) in [6, 6.07) is 1.45. The highest BCUT2D eigenvalue weighted by molar-refractivity contribution is 6.03. The summed E-state index contributed by atoms with van der Waals surface area (Å²) >= 11 is 5.63. The van der Waals surface area contributed by atoms with Gasteiger partial charge in [0.05, 0.1) is 0 Å². The molecule has 0 aliphatic carbocycles. The van der Waals surface area contributed by atoms with Crippen molar-refractivity contribution >= 4 is 17.6 Å². The van der Waals surface area contributed by atoms with Crippen LogP contribution < -0.4 is 9.76 Å². The number of hydrogen-bond donors (Lipinski definition) is 1. The van der Waals surface area contributed by atoms with E-state index in [9.17, 15) is 4.79 Å². The van der Waals surface area contributed by atoms with Crippen molar-refractivity contribution in [2.75, 3.05) is 0 Å². The van der Waals surface area contributed by atoms with E-state index in [4.69, 9.17) is 11.8 Å². The third-order valence-corrected chi connectivity index (χ3v) is 1.76. The van der Waals surface area contributed by atoms with E-state index in [1.807, 2.05) is 0 Å². The van der Waals surface area contributed by atoms with Gasteiger partial charge in [-0.1, -0.05) is 4.52 Å². The Morgan fingerprint density at radius 3 is 3.25 bits per heavy atom. The van der Waals surface area contributed by atoms with Gasteiger partial charge in [-0.15, -0.1) is 0 Å². The normalized spacial score (nSPS) is 10.8. The van der Waals surface area contributed by atoms with Gasteiger partial charge in [-0.25, -0.2) is 0 Å². The maximum Gasteiger partial charge on any atom is 0.363 e. The highest BCUT2D eigenvalue weighted by Gasteiger charge is 2.11. The van der Waals surface area contributed by atoms with E-state index in [-0.39, 0.29) is 5.56 Å². The van der Waals surface area contributed by atoms with E-state index in [0.717, 1.165) is 9.89 Å². The summed E-state index contributed by atoms with van der Waals surface area (Å²) in [6.07, 6.45) is 1.36. The number of aromatic nitrogens is 4. The van der Waals surface area contributed by atoms with E-state index in [0.29, 0.717) is 5.78 Å². The van der Waals surface area contributed by atoms with Crippen LogP contribution in [0.5, 0.6) is 0 Å². The molecule has 0 aromatic carbocycles. The topological polar surface area (TPSA) is 54.0 Å². The molecule has 1 N–H and O–H groups in total. The molecule has 2 rings (SSSR count). The molecule has 0 radical (unpaired) electrons. The maximum atomic E-state index is 11.3. The van der Waals surface area contributed by atoms with E-state index in [2.05, 4.69) is 9.97 Å². The van der Waals surface area contributed by atoms with Gasteiger partial charge in [-0.2, -0.15) is 0 Å². The molecular weight excluding hydrogens is 180 g/mol. The summed E-state index contributed by atoms with van der Waals surface area (Å²) in [5.41, 5.74) is 0.559. The highest BCUT2D eigenvalue weighted by Crippen LogP contribution is 1.90. The average Bonchev–Trinajstić information content (AvgIpc) is 2.31. The first-order valence-corrected chi connectivity index (χ1v) is 3.68. The number of halogens is 1. The molecule has 0 amide bonds. The molecular formula is C6H6ClN4O+. The monoisotopic (exact) mass is 185 g/mol. The number of aromatic amines is 1. The smallest absolute Gasteiger partial charge is 0.305 e. The van der Waals surface area contributed by atoms with Crippen LogP contribution in [0.4, 0.5) is 0 Å². The van der Waals surface area contributed by atoms with Crippen molar-refractivity contribution in [3.8, 4) is 0 Å². The first kappa shape index (κ1) is 7.30. The van der Waals surface area contributed by atoms with Gasteiger partial charge >= 0.3 is 12.1 Å². The number of nitrogens with zero attached hydrogens (tertiary/aromatic N) is 3. The zero-order valence-electron chi connectivity index (χ0n) is 6.28. The molecule has 2 aromatic rings. The first-order chi connectivity index (χ1) is 5.68. The van der Waals surface area contributed by atoms with Crippen LogP contribution in [0.2, 0.25) is 0 Å². The van der Waals surface area contributed by atoms with Crippen LogP contribution in [0.1, 0.15) is 5.69 Å². The Balaban J connectivity index is 3.03. The second kappa shape index (κ2) is 2.31. The van der Waals surface area contributed by atoms with Gasteiger partial charge in [0.2, 0.25) is 0 Å². The van der Waals surface area contributed by atoms with Gasteiger partial charge in [0.25, 0.3) is 5.56 Å². The van der Waals surface area contributed by atoms with Gasteiger partial charge in [0.1, 0.15) is 0 Å². The van der Waals surface area contributed by atoms with Crippen LogP contribution in [0.15, 0.2) is 17.2 Å². The summed E-state index contributed by atoms with van der Waals surface area (Å²) in [4.78, 5) is 18.1. The number of rotatable bonds is 0. The summed E-state index contributed by atoms with van der Waals surface area (Å²) in [7, 11) is 0. The predicted octanol–water partition coefficient (Wildman–Crippen LogP) is -0.380. The van der Waals surface area contributed by atoms with E-state index in [1.165, 1.54) is 16.9 Å². The lowest BCUT2D eigenvalue weighted by atomic mass is 10.5. The Hall–Kier alpha value is -1.36. The fourth-order valence-corrected chi connectivity index (χ4v) is 1.23. The van der Waals surface area contributed by atoms with Gasteiger partial charge in [0.15, 0.2) is 11.8 Å². The Morgan fingerprint density at radius 2 is 2.50 bits per heavy atom. The average molecular weight is 186 g/mol. The number of nitrogens with one attached hydrogen (secondary N) is 1. The van der Waals surface area contributed by atoms with Gasteiger partial charge in [-0.05, 0) is 16.1 Å². The molecule has 0 spiro atoms. The Labute approximate surface area is 72.3 Å². The van der Waals surface area contributed by atoms with Crippen LogP contribution in [0.25, 0.3) is 5.78 Å². The standard InChI is InChI=1S/C6H5ClN4O/c1-4-2-5(12)11-6(9-4)8-3-10(11)7/h2-3H,1H3/p+1. The van der Waals surface area contributed by atoms with Crippen molar-refractivity contribution in [2.24, 2.45) is 0 Å². The Kier molecular flexibility index (Phi) is 1.41. The van der Waals surface area contributed by atoms with Crippen molar-refractivity contribution in [2.45, 2.75) is 6.92 Å². The molecule has 5 nitrogen and oxygen atoms in total. The van der Waals surface area contributed by atoms with E-state index >= 15 is 0 Å². The second-order valence-corrected chi connectivity index (χ2v) is 2.81. The van der Waals surface area contributed by atoms with Crippen LogP contribution in [0, 0.1) is 6.92 Å². The zero-order valence-corrected chi connectivity index (χ0v) is 7.04. The van der Waals surface area contributed by atoms with Crippen LogP contribution in [-0.4, -0.2) is 14.5 Å². The second-order valence-electron chi connectivity index (χ2n) is 2.46. The predicted molar refractivity (Wildman–Crippen MR) is 42.0 cm³/mol. The minimum absolute atomic E-state index is 0.200. The summed E-state index contributed by atoms with van der Waals surface area (Å²) in [5, 5.41) is 0. The van der Waals surface area contributed by atoms with E-state index < -0.39 is 0 Å². The minimum atomic E-state index is -0.200. The molecule has 0 saturated heterocycles. The third kappa shape index (κ3) is 0.902. The van der Waals surface area contributed by atoms with Gasteiger partial charge in [-0.3, -0.25) is 4.79 Å². The number of hydrogen-bond acceptors (Lipinski definition) is 2. The molecule has 0 aliphatic heterocycles. The fraction of sp³-hybridized carbons (Fsp3) is 0.167. The summed E-state index contributed by atoms with van der Waals surface area (Å²) < 4.78 is 2.34. The quantitative estimate of drug-likeness (QED) is 0.609. The number of H-pyrrole nitrogens is 1. The molecule has 0 fully saturated rings. The lowest BCUT2D eigenvalue weighted by Crippen LogP contribution is -2.35. The molecule has 12 heavy (non-hydrogen) atoms. The Morgan fingerprint density at radius 1 is 1.75 bits per heavy atom. The molecule has 0 unspecified atom stereocenters. The molecule has 62 valence electrons. The third-order valence-electron chi connectivity index (χ3n) is 1.52. The van der Waals surface area contributed by atoms with Crippen molar-refractivity contribution in [1.82, 2.24) is 14.5 Å². The van der Waals surface area contributed by atoms with Gasteiger partial charge in [0, 0.05) is 11.8 Å². The molecule has 0 aliphatic rings. The maximum absolute atomic E-state index is 11.3. The van der Waals surface area contributed by atoms with Crippen LogP contribution >= 0.6 is 11.8 Å². The highest BCUT2D eigenvalue weighted by atomic mass is 35.5. The molecule has 0 atom stereocenters. The van der Waals surface area contributed by atoms with Gasteiger partial charge < -0.3 is 4.98 Å². The van der Waals surface area contributed by atoms with Crippen molar-refractivity contribution in [3.05, 3.63) is 28.4 Å². The lowest BCUT2D eigenvalue weighted by Gasteiger charge is -1.89. The first-order valence-electron chi connectivity index (χ1n) is 3.34. The fourth-order valence-electron chi connectivity index (χ4n) is 1.04.